The quantitative estimate of drug-likeness (QED) is 0.597. The summed E-state index contributed by atoms with van der Waals surface area (Å²) >= 11 is 0. The maximum absolute atomic E-state index is 13.7. The Morgan fingerprint density at radius 2 is 1.75 bits per heavy atom. The van der Waals surface area contributed by atoms with Gasteiger partial charge in [-0.25, -0.2) is 17.2 Å². The number of piperazine rings is 1. The largest absolute Gasteiger partial charge is 0.364 e. The Bertz CT molecular complexity index is 1170. The highest BCUT2D eigenvalue weighted by atomic mass is 32.2. The molecule has 0 bridgehead atoms. The van der Waals surface area contributed by atoms with Crippen molar-refractivity contribution in [1.82, 2.24) is 19.1 Å². The molecule has 0 atom stereocenters. The van der Waals surface area contributed by atoms with Crippen LogP contribution in [-0.2, 0) is 21.9 Å². The number of carbonyl (C=O) groups is 3. The number of benzene rings is 1. The van der Waals surface area contributed by atoms with Crippen molar-refractivity contribution >= 4 is 27.7 Å². The number of nitrogens with two attached hydrogens (primary N) is 1. The lowest BCUT2D eigenvalue weighted by molar-refractivity contribution is -0.131. The van der Waals surface area contributed by atoms with E-state index in [1.165, 1.54) is 33.1 Å². The summed E-state index contributed by atoms with van der Waals surface area (Å²) in [4.78, 5) is 37.0. The molecule has 32 heavy (non-hydrogen) atoms. The lowest BCUT2D eigenvalue weighted by atomic mass is 10.2. The van der Waals surface area contributed by atoms with Gasteiger partial charge >= 0.3 is 0 Å². The molecule has 3 N–H and O–H groups in total. The molecule has 1 aliphatic heterocycles. The van der Waals surface area contributed by atoms with Gasteiger partial charge in [-0.15, -0.1) is 0 Å². The summed E-state index contributed by atoms with van der Waals surface area (Å²) in [5, 5.41) is 2.27. The third-order valence-electron chi connectivity index (χ3n) is 5.04. The van der Waals surface area contributed by atoms with Gasteiger partial charge in [0.25, 0.3) is 11.8 Å². The average molecular weight is 469 g/mol. The summed E-state index contributed by atoms with van der Waals surface area (Å²) in [5.74, 6) is -3.98. The van der Waals surface area contributed by atoms with E-state index in [9.17, 15) is 31.6 Å². The highest BCUT2D eigenvalue weighted by Crippen LogP contribution is 2.20. The van der Waals surface area contributed by atoms with Crippen LogP contribution in [0, 0.1) is 11.6 Å². The van der Waals surface area contributed by atoms with Gasteiger partial charge in [-0.3, -0.25) is 14.4 Å². The van der Waals surface area contributed by atoms with E-state index in [-0.39, 0.29) is 36.8 Å². The van der Waals surface area contributed by atoms with Crippen molar-refractivity contribution in [2.45, 2.75) is 4.90 Å². The van der Waals surface area contributed by atoms with Crippen LogP contribution in [0.1, 0.15) is 20.8 Å². The molecule has 2 aromatic rings. The molecule has 0 spiro atoms. The predicted molar refractivity (Wildman–Crippen MR) is 108 cm³/mol. The number of rotatable bonds is 6. The van der Waals surface area contributed by atoms with Crippen molar-refractivity contribution in [3.8, 4) is 0 Å². The molecule has 0 saturated carbocycles. The first-order valence-corrected chi connectivity index (χ1v) is 10.9. The molecule has 0 radical (unpaired) electrons. The summed E-state index contributed by atoms with van der Waals surface area (Å²) in [6.45, 7) is -0.253. The topological polar surface area (TPSA) is 135 Å². The van der Waals surface area contributed by atoms with Crippen LogP contribution >= 0.6 is 0 Å². The zero-order chi connectivity index (χ0) is 23.6. The fourth-order valence-electron chi connectivity index (χ4n) is 3.28. The summed E-state index contributed by atoms with van der Waals surface area (Å²) in [5.41, 5.74) is 4.88. The van der Waals surface area contributed by atoms with E-state index in [1.54, 1.807) is 0 Å². The molecule has 172 valence electrons. The van der Waals surface area contributed by atoms with Gasteiger partial charge in [0, 0.05) is 45.5 Å². The van der Waals surface area contributed by atoms with E-state index in [4.69, 9.17) is 5.73 Å². The number of carbonyl (C=O) groups excluding carboxylic acids is 3. The maximum atomic E-state index is 13.7. The van der Waals surface area contributed by atoms with Gasteiger partial charge in [0.2, 0.25) is 15.9 Å². The first kappa shape index (κ1) is 23.3. The minimum atomic E-state index is -3.89. The minimum Gasteiger partial charge on any atom is -0.364 e. The lowest BCUT2D eigenvalue weighted by Crippen LogP contribution is -2.52. The van der Waals surface area contributed by atoms with Crippen LogP contribution in [0.4, 0.5) is 8.78 Å². The molecule has 0 unspecified atom stereocenters. The van der Waals surface area contributed by atoms with Gasteiger partial charge in [-0.2, -0.15) is 4.31 Å². The first-order chi connectivity index (χ1) is 15.0. The lowest BCUT2D eigenvalue weighted by Gasteiger charge is -2.33. The number of nitrogens with zero attached hydrogens (tertiary/aromatic N) is 3. The van der Waals surface area contributed by atoms with E-state index in [1.807, 2.05) is 0 Å². The van der Waals surface area contributed by atoms with Crippen molar-refractivity contribution in [3.63, 3.8) is 0 Å². The second-order valence-corrected chi connectivity index (χ2v) is 9.07. The first-order valence-electron chi connectivity index (χ1n) is 9.48. The molecule has 1 aromatic heterocycles. The van der Waals surface area contributed by atoms with E-state index >= 15 is 0 Å². The number of nitrogens with one attached hydrogen (secondary N) is 1. The molecule has 13 heteroatoms. The molecule has 2 heterocycles. The highest BCUT2D eigenvalue weighted by Gasteiger charge is 2.31. The second-order valence-electron chi connectivity index (χ2n) is 7.13. The van der Waals surface area contributed by atoms with Crippen LogP contribution in [-0.4, -0.2) is 72.6 Å². The van der Waals surface area contributed by atoms with Crippen molar-refractivity contribution in [2.24, 2.45) is 12.8 Å². The smallest absolute Gasteiger partial charge is 0.265 e. The van der Waals surface area contributed by atoms with Gasteiger partial charge in [-0.1, -0.05) is 0 Å². The Morgan fingerprint density at radius 1 is 1.09 bits per heavy atom. The van der Waals surface area contributed by atoms with Gasteiger partial charge in [0.05, 0.1) is 12.1 Å². The van der Waals surface area contributed by atoms with Crippen LogP contribution in [0.2, 0.25) is 0 Å². The number of sulfonamides is 1. The normalized spacial score (nSPS) is 14.9. The Labute approximate surface area is 182 Å². The number of hydrogen-bond acceptors (Lipinski definition) is 5. The molecule has 1 aliphatic rings. The van der Waals surface area contributed by atoms with Gasteiger partial charge in [-0.05, 0) is 18.2 Å². The number of aryl methyl sites for hydroxylation is 1. The van der Waals surface area contributed by atoms with Gasteiger partial charge in [0.15, 0.2) is 0 Å². The standard InChI is InChI=1S/C19H21F2N5O5S/c1-24-11-13(9-16(24)18(22)28)32(30,31)26-6-4-25(5-7-26)17(27)10-23-19(29)14-3-2-12(20)8-15(14)21/h2-3,8-9,11H,4-7,10H2,1H3,(H2,22,28)(H,23,29). The number of amides is 3. The van der Waals surface area contributed by atoms with E-state index in [0.29, 0.717) is 6.07 Å². The fraction of sp³-hybridized carbons (Fsp3) is 0.316. The highest BCUT2D eigenvalue weighted by molar-refractivity contribution is 7.89. The fourth-order valence-corrected chi connectivity index (χ4v) is 4.78. The summed E-state index contributed by atoms with van der Waals surface area (Å²) in [6.07, 6.45) is 1.29. The Kier molecular flexibility index (Phi) is 6.60. The maximum Gasteiger partial charge on any atom is 0.265 e. The molecule has 3 amide bonds. The molecule has 1 aromatic carbocycles. The van der Waals surface area contributed by atoms with Crippen molar-refractivity contribution in [2.75, 3.05) is 32.7 Å². The number of halogens is 2. The molecule has 10 nitrogen and oxygen atoms in total. The van der Waals surface area contributed by atoms with Crippen LogP contribution in [0.15, 0.2) is 35.4 Å². The third-order valence-corrected chi connectivity index (χ3v) is 6.90. The summed E-state index contributed by atoms with van der Waals surface area (Å²) in [6, 6.07) is 3.66. The Hall–Kier alpha value is -3.32. The molecule has 1 fully saturated rings. The van der Waals surface area contributed by atoms with Crippen molar-refractivity contribution in [3.05, 3.63) is 53.4 Å². The average Bonchev–Trinajstić information content (AvgIpc) is 3.14. The second kappa shape index (κ2) is 9.04. The SMILES string of the molecule is Cn1cc(S(=O)(=O)N2CCN(C(=O)CNC(=O)c3ccc(F)cc3F)CC2)cc1C(N)=O. The number of hydrogen-bond donors (Lipinski definition) is 2. The Balaban J connectivity index is 1.56. The van der Waals surface area contributed by atoms with Gasteiger partial charge in [0.1, 0.15) is 22.2 Å². The van der Waals surface area contributed by atoms with E-state index < -0.39 is 51.5 Å². The van der Waals surface area contributed by atoms with E-state index in [0.717, 1.165) is 12.1 Å². The van der Waals surface area contributed by atoms with Crippen LogP contribution in [0.5, 0.6) is 0 Å². The molecule has 0 aliphatic carbocycles. The third kappa shape index (κ3) is 4.78. The number of primary amides is 1. The van der Waals surface area contributed by atoms with Crippen LogP contribution in [0.3, 0.4) is 0 Å². The zero-order valence-corrected chi connectivity index (χ0v) is 17.9. The predicted octanol–water partition coefficient (Wildman–Crippen LogP) is -0.335. The molecule has 3 rings (SSSR count). The summed E-state index contributed by atoms with van der Waals surface area (Å²) in [7, 11) is -2.39. The van der Waals surface area contributed by atoms with Crippen molar-refractivity contribution in [1.29, 1.82) is 0 Å². The van der Waals surface area contributed by atoms with Crippen molar-refractivity contribution < 1.29 is 31.6 Å². The number of aromatic nitrogens is 1. The zero-order valence-electron chi connectivity index (χ0n) is 17.0. The summed E-state index contributed by atoms with van der Waals surface area (Å²) < 4.78 is 54.7. The van der Waals surface area contributed by atoms with Gasteiger partial charge < -0.3 is 20.5 Å². The van der Waals surface area contributed by atoms with Crippen LogP contribution < -0.4 is 11.1 Å². The Morgan fingerprint density at radius 3 is 2.31 bits per heavy atom. The molecule has 1 saturated heterocycles. The minimum absolute atomic E-state index is 0.00933. The molecular weight excluding hydrogens is 448 g/mol. The van der Waals surface area contributed by atoms with E-state index in [2.05, 4.69) is 5.32 Å². The molecular formula is C19H21F2N5O5S. The monoisotopic (exact) mass is 469 g/mol. The van der Waals surface area contributed by atoms with Crippen LogP contribution in [0.25, 0.3) is 0 Å².